The second-order valence-electron chi connectivity index (χ2n) is 5.32. The molecule has 0 unspecified atom stereocenters. The number of halogens is 1. The smallest absolute Gasteiger partial charge is 0.338 e. The molecule has 0 aliphatic carbocycles. The normalized spacial score (nSPS) is 10.9. The third-order valence-electron chi connectivity index (χ3n) is 3.16. The van der Waals surface area contributed by atoms with Crippen molar-refractivity contribution in [3.63, 3.8) is 0 Å². The monoisotopic (exact) mass is 396 g/mol. The molecule has 0 saturated heterocycles. The molecule has 0 atom stereocenters. The van der Waals surface area contributed by atoms with Crippen LogP contribution in [0.15, 0.2) is 42.5 Å². The van der Waals surface area contributed by atoms with E-state index >= 15 is 0 Å². The summed E-state index contributed by atoms with van der Waals surface area (Å²) in [6.07, 6.45) is 1.02. The van der Waals surface area contributed by atoms with Crippen LogP contribution in [0.4, 0.5) is 11.4 Å². The van der Waals surface area contributed by atoms with Crippen molar-refractivity contribution in [2.24, 2.45) is 0 Å². The Bertz CT molecular complexity index is 944. The van der Waals surface area contributed by atoms with Gasteiger partial charge in [-0.2, -0.15) is 0 Å². The van der Waals surface area contributed by atoms with Gasteiger partial charge in [-0.1, -0.05) is 17.7 Å². The fourth-order valence-corrected chi connectivity index (χ4v) is 2.87. The van der Waals surface area contributed by atoms with Crippen molar-refractivity contribution in [1.29, 1.82) is 0 Å². The summed E-state index contributed by atoms with van der Waals surface area (Å²) in [6, 6.07) is 10.4. The van der Waals surface area contributed by atoms with Gasteiger partial charge in [-0.25, -0.2) is 13.2 Å². The standard InChI is InChI=1S/C17H17ClN2O5S/c1-3-25-17(22)12-7-8-15(14(18)10-12)19-16(21)11-5-4-6-13(9-11)20-26(2,23)24/h4-10,20H,3H2,1-2H3,(H,19,21). The Kier molecular flexibility index (Phi) is 6.23. The van der Waals surface area contributed by atoms with Gasteiger partial charge in [0.05, 0.1) is 29.1 Å². The molecule has 0 bridgehead atoms. The van der Waals surface area contributed by atoms with Crippen molar-refractivity contribution >= 4 is 44.9 Å². The lowest BCUT2D eigenvalue weighted by Crippen LogP contribution is -2.14. The molecule has 9 heteroatoms. The Balaban J connectivity index is 2.17. The lowest BCUT2D eigenvalue weighted by Gasteiger charge is -2.10. The summed E-state index contributed by atoms with van der Waals surface area (Å²) in [5, 5.41) is 2.79. The first-order valence-electron chi connectivity index (χ1n) is 7.55. The predicted octanol–water partition coefficient (Wildman–Crippen LogP) is 3.14. The fraction of sp³-hybridized carbons (Fsp3) is 0.176. The summed E-state index contributed by atoms with van der Waals surface area (Å²) < 4.78 is 29.8. The maximum atomic E-state index is 12.4. The Morgan fingerprint density at radius 2 is 1.85 bits per heavy atom. The van der Waals surface area contributed by atoms with E-state index in [4.69, 9.17) is 16.3 Å². The maximum absolute atomic E-state index is 12.4. The Morgan fingerprint density at radius 3 is 2.46 bits per heavy atom. The lowest BCUT2D eigenvalue weighted by atomic mass is 10.1. The Hall–Kier alpha value is -2.58. The van der Waals surface area contributed by atoms with Crippen molar-refractivity contribution in [3.8, 4) is 0 Å². The zero-order chi connectivity index (χ0) is 19.3. The van der Waals surface area contributed by atoms with E-state index in [2.05, 4.69) is 10.0 Å². The predicted molar refractivity (Wildman–Crippen MR) is 100 cm³/mol. The van der Waals surface area contributed by atoms with E-state index in [0.29, 0.717) is 5.69 Å². The maximum Gasteiger partial charge on any atom is 0.338 e. The largest absolute Gasteiger partial charge is 0.462 e. The first kappa shape index (κ1) is 19.7. The highest BCUT2D eigenvalue weighted by molar-refractivity contribution is 7.92. The van der Waals surface area contributed by atoms with Crippen molar-refractivity contribution < 1.29 is 22.7 Å². The number of amides is 1. The van der Waals surface area contributed by atoms with E-state index < -0.39 is 21.9 Å². The van der Waals surface area contributed by atoms with Crippen LogP contribution in [-0.4, -0.2) is 33.2 Å². The first-order valence-corrected chi connectivity index (χ1v) is 9.82. The average molecular weight is 397 g/mol. The van der Waals surface area contributed by atoms with E-state index in [1.807, 2.05) is 0 Å². The van der Waals surface area contributed by atoms with Crippen LogP contribution >= 0.6 is 11.6 Å². The second kappa shape index (κ2) is 8.20. The van der Waals surface area contributed by atoms with Crippen LogP contribution in [0.1, 0.15) is 27.6 Å². The van der Waals surface area contributed by atoms with Crippen LogP contribution in [0, 0.1) is 0 Å². The fourth-order valence-electron chi connectivity index (χ4n) is 2.09. The van der Waals surface area contributed by atoms with Crippen LogP contribution in [-0.2, 0) is 14.8 Å². The van der Waals surface area contributed by atoms with Crippen molar-refractivity contribution in [2.75, 3.05) is 22.9 Å². The number of benzene rings is 2. The average Bonchev–Trinajstić information content (AvgIpc) is 2.55. The van der Waals surface area contributed by atoms with Gasteiger partial charge in [0.15, 0.2) is 0 Å². The van der Waals surface area contributed by atoms with E-state index in [9.17, 15) is 18.0 Å². The van der Waals surface area contributed by atoms with Gasteiger partial charge in [0.2, 0.25) is 10.0 Å². The third kappa shape index (κ3) is 5.47. The molecule has 2 rings (SSSR count). The van der Waals surface area contributed by atoms with Gasteiger partial charge in [-0.15, -0.1) is 0 Å². The number of sulfonamides is 1. The van der Waals surface area contributed by atoms with Crippen LogP contribution in [0.2, 0.25) is 5.02 Å². The molecule has 0 aromatic heterocycles. The molecule has 2 N–H and O–H groups in total. The molecule has 0 heterocycles. The Morgan fingerprint density at radius 1 is 1.12 bits per heavy atom. The number of carbonyl (C=O) groups excluding carboxylic acids is 2. The molecular weight excluding hydrogens is 380 g/mol. The summed E-state index contributed by atoms with van der Waals surface area (Å²) in [7, 11) is -3.45. The topological polar surface area (TPSA) is 102 Å². The number of rotatable bonds is 6. The summed E-state index contributed by atoms with van der Waals surface area (Å²) >= 11 is 6.11. The zero-order valence-electron chi connectivity index (χ0n) is 14.1. The lowest BCUT2D eigenvalue weighted by molar-refractivity contribution is 0.0526. The number of ether oxygens (including phenoxy) is 1. The summed E-state index contributed by atoms with van der Waals surface area (Å²) in [6.45, 7) is 1.94. The number of hydrogen-bond donors (Lipinski definition) is 2. The van der Waals surface area contributed by atoms with Crippen LogP contribution < -0.4 is 10.0 Å². The van der Waals surface area contributed by atoms with Crippen molar-refractivity contribution in [2.45, 2.75) is 6.92 Å². The van der Waals surface area contributed by atoms with Gasteiger partial charge in [-0.3, -0.25) is 9.52 Å². The molecule has 2 aromatic carbocycles. The van der Waals surface area contributed by atoms with Gasteiger partial charge in [0.1, 0.15) is 0 Å². The summed E-state index contributed by atoms with van der Waals surface area (Å²) in [5.74, 6) is -0.986. The molecule has 26 heavy (non-hydrogen) atoms. The quantitative estimate of drug-likeness (QED) is 0.730. The molecule has 0 fully saturated rings. The number of nitrogens with one attached hydrogen (secondary N) is 2. The highest BCUT2D eigenvalue weighted by atomic mass is 35.5. The molecule has 138 valence electrons. The number of anilines is 2. The van der Waals surface area contributed by atoms with Gasteiger partial charge >= 0.3 is 5.97 Å². The molecule has 0 aliphatic heterocycles. The molecule has 7 nitrogen and oxygen atoms in total. The van der Waals surface area contributed by atoms with E-state index in [1.165, 1.54) is 36.4 Å². The summed E-state index contributed by atoms with van der Waals surface area (Å²) in [4.78, 5) is 24.0. The van der Waals surface area contributed by atoms with Gasteiger partial charge < -0.3 is 10.1 Å². The molecule has 0 spiro atoms. The number of hydrogen-bond acceptors (Lipinski definition) is 5. The van der Waals surface area contributed by atoms with E-state index in [-0.39, 0.29) is 28.4 Å². The van der Waals surface area contributed by atoms with Crippen LogP contribution in [0.3, 0.4) is 0 Å². The number of carbonyl (C=O) groups is 2. The highest BCUT2D eigenvalue weighted by Crippen LogP contribution is 2.24. The minimum atomic E-state index is -3.45. The van der Waals surface area contributed by atoms with Crippen LogP contribution in [0.5, 0.6) is 0 Å². The van der Waals surface area contributed by atoms with Crippen LogP contribution in [0.25, 0.3) is 0 Å². The van der Waals surface area contributed by atoms with E-state index in [1.54, 1.807) is 13.0 Å². The zero-order valence-corrected chi connectivity index (χ0v) is 15.6. The minimum absolute atomic E-state index is 0.175. The molecule has 0 aliphatic rings. The molecular formula is C17H17ClN2O5S. The van der Waals surface area contributed by atoms with Crippen molar-refractivity contribution in [3.05, 3.63) is 58.6 Å². The Labute approximate surface area is 156 Å². The summed E-state index contributed by atoms with van der Waals surface area (Å²) in [5.41, 5.74) is 1.09. The highest BCUT2D eigenvalue weighted by Gasteiger charge is 2.13. The molecule has 0 radical (unpaired) electrons. The van der Waals surface area contributed by atoms with Gasteiger partial charge in [0.25, 0.3) is 5.91 Å². The van der Waals surface area contributed by atoms with E-state index in [0.717, 1.165) is 6.26 Å². The second-order valence-corrected chi connectivity index (χ2v) is 7.48. The molecule has 2 aromatic rings. The van der Waals surface area contributed by atoms with Crippen molar-refractivity contribution in [1.82, 2.24) is 0 Å². The molecule has 0 saturated carbocycles. The molecule has 1 amide bonds. The van der Waals surface area contributed by atoms with Gasteiger partial charge in [-0.05, 0) is 43.3 Å². The number of esters is 1. The van der Waals surface area contributed by atoms with Gasteiger partial charge in [0, 0.05) is 11.3 Å². The third-order valence-corrected chi connectivity index (χ3v) is 4.08. The first-order chi connectivity index (χ1) is 12.2. The SMILES string of the molecule is CCOC(=O)c1ccc(NC(=O)c2cccc(NS(C)(=O)=O)c2)c(Cl)c1. The minimum Gasteiger partial charge on any atom is -0.462 e.